The SMILES string of the molecule is Cc1cc(C(=O)O)ccc1OCC1CC=CCC1C. The van der Waals surface area contributed by atoms with Crippen LogP contribution in [-0.4, -0.2) is 17.7 Å². The highest BCUT2D eigenvalue weighted by Crippen LogP contribution is 2.27. The Morgan fingerprint density at radius 1 is 1.37 bits per heavy atom. The number of ether oxygens (including phenoxy) is 1. The third-order valence-corrected chi connectivity index (χ3v) is 3.79. The molecule has 0 spiro atoms. The highest BCUT2D eigenvalue weighted by atomic mass is 16.5. The van der Waals surface area contributed by atoms with Gasteiger partial charge in [-0.2, -0.15) is 0 Å². The molecule has 0 fully saturated rings. The van der Waals surface area contributed by atoms with Crippen molar-refractivity contribution in [1.82, 2.24) is 0 Å². The molecule has 0 radical (unpaired) electrons. The van der Waals surface area contributed by atoms with Crippen molar-refractivity contribution < 1.29 is 14.6 Å². The van der Waals surface area contributed by atoms with E-state index < -0.39 is 5.97 Å². The van der Waals surface area contributed by atoms with E-state index in [1.807, 2.05) is 6.92 Å². The van der Waals surface area contributed by atoms with Crippen LogP contribution in [-0.2, 0) is 0 Å². The number of benzene rings is 1. The van der Waals surface area contributed by atoms with Crippen LogP contribution in [0.15, 0.2) is 30.4 Å². The highest BCUT2D eigenvalue weighted by Gasteiger charge is 2.19. The van der Waals surface area contributed by atoms with Gasteiger partial charge in [-0.05, 0) is 55.4 Å². The molecule has 0 aliphatic heterocycles. The number of carboxylic acid groups (broad SMARTS) is 1. The Morgan fingerprint density at radius 2 is 2.11 bits per heavy atom. The summed E-state index contributed by atoms with van der Waals surface area (Å²) in [5.74, 6) is 1.07. The molecule has 0 amide bonds. The maximum atomic E-state index is 10.9. The largest absolute Gasteiger partial charge is 0.493 e. The van der Waals surface area contributed by atoms with E-state index in [1.54, 1.807) is 18.2 Å². The van der Waals surface area contributed by atoms with Crippen LogP contribution in [0.5, 0.6) is 5.75 Å². The average molecular weight is 260 g/mol. The number of hydrogen-bond acceptors (Lipinski definition) is 2. The molecule has 0 heterocycles. The lowest BCUT2D eigenvalue weighted by Crippen LogP contribution is -2.21. The minimum absolute atomic E-state index is 0.304. The standard InChI is InChI=1S/C16H20O3/c1-11-5-3-4-6-14(11)10-19-15-8-7-13(16(17)18)9-12(15)2/h3-4,7-9,11,14H,5-6,10H2,1-2H3,(H,17,18). The van der Waals surface area contributed by atoms with Crippen molar-refractivity contribution in [2.75, 3.05) is 6.61 Å². The lowest BCUT2D eigenvalue weighted by Gasteiger charge is -2.25. The zero-order valence-corrected chi connectivity index (χ0v) is 11.4. The van der Waals surface area contributed by atoms with E-state index in [0.29, 0.717) is 24.0 Å². The van der Waals surface area contributed by atoms with Crippen molar-refractivity contribution in [3.63, 3.8) is 0 Å². The average Bonchev–Trinajstić information content (AvgIpc) is 2.39. The predicted octanol–water partition coefficient (Wildman–Crippen LogP) is 3.67. The molecule has 2 atom stereocenters. The van der Waals surface area contributed by atoms with Crippen molar-refractivity contribution in [3.05, 3.63) is 41.5 Å². The number of carbonyl (C=O) groups is 1. The first-order valence-electron chi connectivity index (χ1n) is 6.69. The van der Waals surface area contributed by atoms with E-state index >= 15 is 0 Å². The second-order valence-electron chi connectivity index (χ2n) is 5.28. The molecule has 0 aromatic heterocycles. The van der Waals surface area contributed by atoms with Gasteiger partial charge in [0.25, 0.3) is 0 Å². The normalized spacial score (nSPS) is 22.2. The Labute approximate surface area is 113 Å². The first kappa shape index (κ1) is 13.7. The van der Waals surface area contributed by atoms with E-state index in [4.69, 9.17) is 9.84 Å². The van der Waals surface area contributed by atoms with E-state index in [1.165, 1.54) is 0 Å². The zero-order chi connectivity index (χ0) is 13.8. The number of hydrogen-bond donors (Lipinski definition) is 1. The molecular weight excluding hydrogens is 240 g/mol. The van der Waals surface area contributed by atoms with Crippen LogP contribution >= 0.6 is 0 Å². The minimum atomic E-state index is -0.902. The van der Waals surface area contributed by atoms with Crippen LogP contribution in [0.25, 0.3) is 0 Å². The Balaban J connectivity index is 1.99. The second-order valence-corrected chi connectivity index (χ2v) is 5.28. The number of allylic oxidation sites excluding steroid dienone is 2. The van der Waals surface area contributed by atoms with E-state index in [-0.39, 0.29) is 0 Å². The van der Waals surface area contributed by atoms with Crippen LogP contribution < -0.4 is 4.74 Å². The Bertz CT molecular complexity index is 491. The third kappa shape index (κ3) is 3.37. The van der Waals surface area contributed by atoms with Gasteiger partial charge in [0.2, 0.25) is 0 Å². The lowest BCUT2D eigenvalue weighted by atomic mass is 9.85. The Morgan fingerprint density at radius 3 is 2.74 bits per heavy atom. The number of rotatable bonds is 4. The van der Waals surface area contributed by atoms with Crippen molar-refractivity contribution in [2.45, 2.75) is 26.7 Å². The van der Waals surface area contributed by atoms with Gasteiger partial charge in [0.1, 0.15) is 5.75 Å². The molecule has 2 rings (SSSR count). The van der Waals surface area contributed by atoms with Crippen molar-refractivity contribution in [3.8, 4) is 5.75 Å². The van der Waals surface area contributed by atoms with Crippen LogP contribution in [0.1, 0.15) is 35.7 Å². The monoisotopic (exact) mass is 260 g/mol. The van der Waals surface area contributed by atoms with Gasteiger partial charge in [-0.3, -0.25) is 0 Å². The van der Waals surface area contributed by atoms with Gasteiger partial charge in [-0.25, -0.2) is 4.79 Å². The van der Waals surface area contributed by atoms with Gasteiger partial charge in [0.15, 0.2) is 0 Å². The van der Waals surface area contributed by atoms with Crippen molar-refractivity contribution in [2.24, 2.45) is 11.8 Å². The molecule has 1 N–H and O–H groups in total. The predicted molar refractivity (Wildman–Crippen MR) is 74.7 cm³/mol. The second kappa shape index (κ2) is 5.91. The first-order valence-corrected chi connectivity index (χ1v) is 6.69. The highest BCUT2D eigenvalue weighted by molar-refractivity contribution is 5.88. The van der Waals surface area contributed by atoms with E-state index in [0.717, 1.165) is 24.2 Å². The van der Waals surface area contributed by atoms with Gasteiger partial charge in [0.05, 0.1) is 12.2 Å². The van der Waals surface area contributed by atoms with Crippen LogP contribution in [0, 0.1) is 18.8 Å². The summed E-state index contributed by atoms with van der Waals surface area (Å²) in [5.41, 5.74) is 1.18. The summed E-state index contributed by atoms with van der Waals surface area (Å²) in [6.07, 6.45) is 6.63. The molecule has 0 saturated heterocycles. The van der Waals surface area contributed by atoms with Crippen LogP contribution in [0.2, 0.25) is 0 Å². The molecule has 0 saturated carbocycles. The summed E-state index contributed by atoms with van der Waals surface area (Å²) in [7, 11) is 0. The fraction of sp³-hybridized carbons (Fsp3) is 0.438. The fourth-order valence-electron chi connectivity index (χ4n) is 2.38. The smallest absolute Gasteiger partial charge is 0.335 e. The maximum Gasteiger partial charge on any atom is 0.335 e. The molecular formula is C16H20O3. The van der Waals surface area contributed by atoms with Gasteiger partial charge < -0.3 is 9.84 Å². The molecule has 1 aliphatic carbocycles. The summed E-state index contributed by atoms with van der Waals surface area (Å²) in [4.78, 5) is 10.9. The van der Waals surface area contributed by atoms with E-state index in [2.05, 4.69) is 19.1 Å². The summed E-state index contributed by atoms with van der Waals surface area (Å²) in [6, 6.07) is 5.00. The number of aryl methyl sites for hydroxylation is 1. The molecule has 19 heavy (non-hydrogen) atoms. The fourth-order valence-corrected chi connectivity index (χ4v) is 2.38. The maximum absolute atomic E-state index is 10.9. The minimum Gasteiger partial charge on any atom is -0.493 e. The molecule has 3 nitrogen and oxygen atoms in total. The number of aromatic carboxylic acids is 1. The Kier molecular flexibility index (Phi) is 4.25. The van der Waals surface area contributed by atoms with Gasteiger partial charge in [-0.1, -0.05) is 19.1 Å². The topological polar surface area (TPSA) is 46.5 Å². The summed E-state index contributed by atoms with van der Waals surface area (Å²) in [5, 5.41) is 8.92. The van der Waals surface area contributed by atoms with Crippen LogP contribution in [0.3, 0.4) is 0 Å². The van der Waals surface area contributed by atoms with Crippen molar-refractivity contribution in [1.29, 1.82) is 0 Å². The molecule has 2 unspecified atom stereocenters. The molecule has 3 heteroatoms. The molecule has 1 aromatic rings. The summed E-state index contributed by atoms with van der Waals surface area (Å²) in [6.45, 7) is 4.82. The molecule has 102 valence electrons. The van der Waals surface area contributed by atoms with Gasteiger partial charge in [-0.15, -0.1) is 0 Å². The first-order chi connectivity index (χ1) is 9.08. The molecule has 0 bridgehead atoms. The molecule has 1 aromatic carbocycles. The summed E-state index contributed by atoms with van der Waals surface area (Å²) < 4.78 is 5.85. The quantitative estimate of drug-likeness (QED) is 0.840. The van der Waals surface area contributed by atoms with Crippen molar-refractivity contribution >= 4 is 5.97 Å². The van der Waals surface area contributed by atoms with Gasteiger partial charge >= 0.3 is 5.97 Å². The number of carboxylic acids is 1. The van der Waals surface area contributed by atoms with Crippen LogP contribution in [0.4, 0.5) is 0 Å². The van der Waals surface area contributed by atoms with E-state index in [9.17, 15) is 4.79 Å². The van der Waals surface area contributed by atoms with Gasteiger partial charge in [0, 0.05) is 0 Å². The lowest BCUT2D eigenvalue weighted by molar-refractivity contribution is 0.0696. The summed E-state index contributed by atoms with van der Waals surface area (Å²) >= 11 is 0. The Hall–Kier alpha value is -1.77. The molecule has 1 aliphatic rings. The zero-order valence-electron chi connectivity index (χ0n) is 11.4. The third-order valence-electron chi connectivity index (χ3n) is 3.79.